The third-order valence-corrected chi connectivity index (χ3v) is 2.24. The summed E-state index contributed by atoms with van der Waals surface area (Å²) in [6.45, 7) is 7.76. The number of benzene rings is 1. The molecule has 0 fully saturated rings. The molecule has 0 aliphatic rings. The van der Waals surface area contributed by atoms with Crippen molar-refractivity contribution >= 4 is 6.29 Å². The molecule has 0 radical (unpaired) electrons. The molecule has 0 aliphatic carbocycles. The number of carbonyl (C=O) groups is 1. The van der Waals surface area contributed by atoms with Gasteiger partial charge in [-0.25, -0.2) is 0 Å². The number of hydrogen-bond acceptors (Lipinski definition) is 2. The molecule has 0 aromatic heterocycles. The van der Waals surface area contributed by atoms with Crippen LogP contribution >= 0.6 is 0 Å². The first kappa shape index (κ1) is 11.8. The third kappa shape index (κ3) is 3.08. The third-order valence-electron chi connectivity index (χ3n) is 2.24. The van der Waals surface area contributed by atoms with E-state index in [0.29, 0.717) is 0 Å². The SMILES string of the molecule is CC(C)Oc1cccc(C(C)(C)C=O)c1. The first-order valence-corrected chi connectivity index (χ1v) is 5.19. The topological polar surface area (TPSA) is 26.3 Å². The van der Waals surface area contributed by atoms with Crippen molar-refractivity contribution in [2.75, 3.05) is 0 Å². The summed E-state index contributed by atoms with van der Waals surface area (Å²) < 4.78 is 5.58. The molecule has 82 valence electrons. The predicted octanol–water partition coefficient (Wildman–Crippen LogP) is 2.95. The average Bonchev–Trinajstić information content (AvgIpc) is 2.17. The second-order valence-electron chi connectivity index (χ2n) is 4.53. The summed E-state index contributed by atoms with van der Waals surface area (Å²) in [7, 11) is 0. The summed E-state index contributed by atoms with van der Waals surface area (Å²) in [6.07, 6.45) is 1.11. The van der Waals surface area contributed by atoms with Gasteiger partial charge >= 0.3 is 0 Å². The van der Waals surface area contributed by atoms with Gasteiger partial charge in [0.25, 0.3) is 0 Å². The smallest absolute Gasteiger partial charge is 0.129 e. The van der Waals surface area contributed by atoms with E-state index in [1.165, 1.54) is 0 Å². The molecule has 0 unspecified atom stereocenters. The Morgan fingerprint density at radius 3 is 2.53 bits per heavy atom. The quantitative estimate of drug-likeness (QED) is 0.708. The Kier molecular flexibility index (Phi) is 3.51. The van der Waals surface area contributed by atoms with Crippen molar-refractivity contribution in [1.82, 2.24) is 0 Å². The van der Waals surface area contributed by atoms with Crippen molar-refractivity contribution in [3.05, 3.63) is 29.8 Å². The van der Waals surface area contributed by atoms with Crippen LogP contribution in [0.1, 0.15) is 33.3 Å². The fourth-order valence-corrected chi connectivity index (χ4v) is 1.31. The van der Waals surface area contributed by atoms with E-state index in [-0.39, 0.29) is 6.10 Å². The van der Waals surface area contributed by atoms with E-state index in [1.807, 2.05) is 52.0 Å². The van der Waals surface area contributed by atoms with Gasteiger partial charge in [-0.3, -0.25) is 0 Å². The molecule has 1 aromatic carbocycles. The number of carbonyl (C=O) groups excluding carboxylic acids is 1. The van der Waals surface area contributed by atoms with Crippen LogP contribution < -0.4 is 4.74 Å². The van der Waals surface area contributed by atoms with Crippen molar-refractivity contribution in [1.29, 1.82) is 0 Å². The van der Waals surface area contributed by atoms with Gasteiger partial charge in [-0.1, -0.05) is 12.1 Å². The van der Waals surface area contributed by atoms with Gasteiger partial charge in [-0.2, -0.15) is 0 Å². The lowest BCUT2D eigenvalue weighted by Gasteiger charge is -2.19. The predicted molar refractivity (Wildman–Crippen MR) is 61.3 cm³/mol. The highest BCUT2D eigenvalue weighted by Gasteiger charge is 2.19. The monoisotopic (exact) mass is 206 g/mol. The minimum atomic E-state index is -0.448. The van der Waals surface area contributed by atoms with Crippen LogP contribution in [0.4, 0.5) is 0 Å². The summed E-state index contributed by atoms with van der Waals surface area (Å²) in [5, 5.41) is 0. The van der Waals surface area contributed by atoms with Crippen LogP contribution in [0.5, 0.6) is 5.75 Å². The molecule has 0 saturated heterocycles. The van der Waals surface area contributed by atoms with Crippen LogP contribution in [0.25, 0.3) is 0 Å². The lowest BCUT2D eigenvalue weighted by atomic mass is 9.86. The van der Waals surface area contributed by atoms with Gasteiger partial charge in [0.1, 0.15) is 12.0 Å². The van der Waals surface area contributed by atoms with Gasteiger partial charge in [-0.05, 0) is 45.4 Å². The number of hydrogen-bond donors (Lipinski definition) is 0. The summed E-state index contributed by atoms with van der Waals surface area (Å²) >= 11 is 0. The summed E-state index contributed by atoms with van der Waals surface area (Å²) in [4.78, 5) is 10.9. The molecule has 0 saturated carbocycles. The zero-order valence-corrected chi connectivity index (χ0v) is 9.78. The van der Waals surface area contributed by atoms with E-state index in [1.54, 1.807) is 0 Å². The highest BCUT2D eigenvalue weighted by molar-refractivity contribution is 5.67. The van der Waals surface area contributed by atoms with E-state index in [2.05, 4.69) is 0 Å². The molecular formula is C13H18O2. The first-order valence-electron chi connectivity index (χ1n) is 5.19. The lowest BCUT2D eigenvalue weighted by Crippen LogP contribution is -2.18. The molecular weight excluding hydrogens is 188 g/mol. The van der Waals surface area contributed by atoms with Crippen molar-refractivity contribution < 1.29 is 9.53 Å². The van der Waals surface area contributed by atoms with Gasteiger partial charge in [0.15, 0.2) is 0 Å². The Balaban J connectivity index is 2.97. The zero-order valence-electron chi connectivity index (χ0n) is 9.78. The van der Waals surface area contributed by atoms with E-state index >= 15 is 0 Å². The Bertz CT molecular complexity index is 340. The van der Waals surface area contributed by atoms with Crippen LogP contribution in [0.15, 0.2) is 24.3 Å². The number of rotatable bonds is 4. The highest BCUT2D eigenvalue weighted by Crippen LogP contribution is 2.24. The minimum absolute atomic E-state index is 0.152. The van der Waals surface area contributed by atoms with Gasteiger partial charge in [0.05, 0.1) is 6.10 Å². The second-order valence-corrected chi connectivity index (χ2v) is 4.53. The molecule has 1 rings (SSSR count). The molecule has 0 spiro atoms. The highest BCUT2D eigenvalue weighted by atomic mass is 16.5. The van der Waals surface area contributed by atoms with E-state index in [0.717, 1.165) is 17.6 Å². The molecule has 2 nitrogen and oxygen atoms in total. The van der Waals surface area contributed by atoms with Crippen LogP contribution in [0.3, 0.4) is 0 Å². The summed E-state index contributed by atoms with van der Waals surface area (Å²) in [5.41, 5.74) is 0.534. The minimum Gasteiger partial charge on any atom is -0.491 e. The molecule has 0 N–H and O–H groups in total. The molecule has 15 heavy (non-hydrogen) atoms. The van der Waals surface area contributed by atoms with E-state index in [9.17, 15) is 4.79 Å². The van der Waals surface area contributed by atoms with Crippen LogP contribution in [0.2, 0.25) is 0 Å². The van der Waals surface area contributed by atoms with Gasteiger partial charge in [0, 0.05) is 5.41 Å². The van der Waals surface area contributed by atoms with Crippen molar-refractivity contribution in [2.45, 2.75) is 39.2 Å². The Labute approximate surface area is 91.3 Å². The van der Waals surface area contributed by atoms with Crippen molar-refractivity contribution in [3.63, 3.8) is 0 Å². The molecule has 0 amide bonds. The molecule has 2 heteroatoms. The van der Waals surface area contributed by atoms with Crippen LogP contribution in [-0.4, -0.2) is 12.4 Å². The van der Waals surface area contributed by atoms with Crippen molar-refractivity contribution in [3.8, 4) is 5.75 Å². The maximum atomic E-state index is 10.9. The maximum Gasteiger partial charge on any atom is 0.129 e. The number of ether oxygens (including phenoxy) is 1. The first-order chi connectivity index (χ1) is 6.95. The molecule has 0 atom stereocenters. The molecule has 0 bridgehead atoms. The fraction of sp³-hybridized carbons (Fsp3) is 0.462. The summed E-state index contributed by atoms with van der Waals surface area (Å²) in [5.74, 6) is 0.817. The van der Waals surface area contributed by atoms with Crippen LogP contribution in [0, 0.1) is 0 Å². The van der Waals surface area contributed by atoms with Crippen LogP contribution in [-0.2, 0) is 10.2 Å². The Hall–Kier alpha value is -1.31. The fourth-order valence-electron chi connectivity index (χ4n) is 1.31. The second kappa shape index (κ2) is 4.47. The van der Waals surface area contributed by atoms with E-state index in [4.69, 9.17) is 4.74 Å². The van der Waals surface area contributed by atoms with E-state index < -0.39 is 5.41 Å². The largest absolute Gasteiger partial charge is 0.491 e. The van der Waals surface area contributed by atoms with Gasteiger partial charge < -0.3 is 9.53 Å². The molecule has 0 heterocycles. The number of aldehydes is 1. The van der Waals surface area contributed by atoms with Crippen molar-refractivity contribution in [2.24, 2.45) is 0 Å². The normalized spacial score (nSPS) is 11.5. The lowest BCUT2D eigenvalue weighted by molar-refractivity contribution is -0.111. The molecule has 0 aliphatic heterocycles. The zero-order chi connectivity index (χ0) is 11.5. The maximum absolute atomic E-state index is 10.9. The Morgan fingerprint density at radius 2 is 2.00 bits per heavy atom. The van der Waals surface area contributed by atoms with Gasteiger partial charge in [0.2, 0.25) is 0 Å². The summed E-state index contributed by atoms with van der Waals surface area (Å²) in [6, 6.07) is 7.69. The average molecular weight is 206 g/mol. The molecule has 1 aromatic rings. The van der Waals surface area contributed by atoms with Gasteiger partial charge in [-0.15, -0.1) is 0 Å². The standard InChI is InChI=1S/C13H18O2/c1-10(2)15-12-7-5-6-11(8-12)13(3,4)9-14/h5-10H,1-4H3. The Morgan fingerprint density at radius 1 is 1.33 bits per heavy atom.